The Hall–Kier alpha value is -20.8. The first-order chi connectivity index (χ1) is 74.5. The maximum absolute atomic E-state index is 5.24. The molecule has 0 saturated heterocycles. The molecule has 0 aliphatic rings. The summed E-state index contributed by atoms with van der Waals surface area (Å²) in [6, 6.07) is 156. The molecule has 700 valence electrons. The minimum absolute atomic E-state index is 0.520. The van der Waals surface area contributed by atoms with Gasteiger partial charge in [0.15, 0.2) is 17.5 Å². The topological polar surface area (TPSA) is 197 Å². The summed E-state index contributed by atoms with van der Waals surface area (Å²) in [4.78, 5) is 67.1. The molecule has 0 unspecified atom stereocenters. The molecule has 15 aromatic heterocycles. The van der Waals surface area contributed by atoms with E-state index in [0.29, 0.717) is 29.4 Å². The normalized spacial score (nSPS) is 11.7. The molecule has 0 spiro atoms. The third kappa shape index (κ3) is 14.2. The number of aromatic nitrogens is 19. The van der Waals surface area contributed by atoms with Crippen molar-refractivity contribution < 1.29 is 0 Å². The first kappa shape index (κ1) is 85.9. The quantitative estimate of drug-likeness (QED) is 0.106. The van der Waals surface area contributed by atoms with Crippen LogP contribution in [-0.4, -0.2) is 92.2 Å². The first-order valence-corrected chi connectivity index (χ1v) is 49.9. The van der Waals surface area contributed by atoms with Gasteiger partial charge >= 0.3 is 0 Å². The van der Waals surface area contributed by atoms with E-state index in [9.17, 15) is 0 Å². The summed E-state index contributed by atoms with van der Waals surface area (Å²) < 4.78 is 13.5. The lowest BCUT2D eigenvalue weighted by molar-refractivity contribution is 0.954. The van der Waals surface area contributed by atoms with Gasteiger partial charge in [0.1, 0.15) is 33.1 Å². The van der Waals surface area contributed by atoms with Crippen molar-refractivity contribution >= 4 is 164 Å². The van der Waals surface area contributed by atoms with Crippen LogP contribution in [0, 0.1) is 0 Å². The van der Waals surface area contributed by atoms with Crippen LogP contribution in [0.2, 0.25) is 0 Å². The molecule has 0 bridgehead atoms. The molecule has 0 atom stereocenters. The van der Waals surface area contributed by atoms with Crippen molar-refractivity contribution in [3.05, 3.63) is 492 Å². The SMILES string of the molecule is c1ccc(-c2cc(-c3ccccc3)nc(-c3cccc(-n4c5ccccc5c5cnc6c(ncc7c8ccccc8n(-c8ccccc8)c76)c54)c3)n2)cc1.c1ccc(-c2cc(-c3ccccc3)nc(-n3c4ccccc4c4cnc5c(ncc6c7ccccc7n(-c7ccccc7)c65)c43)n2)cc1.c1ccc(-c2nc(-c3ccccc3)nc(-n3c4ccccc4c4cnc5c(ncc6c7ccccc7n(-c7ccccc7)c65)c43)n2)cc1. The molecule has 16 aromatic carbocycles. The average molecular weight is 1920 g/mol. The highest BCUT2D eigenvalue weighted by Crippen LogP contribution is 2.47. The van der Waals surface area contributed by atoms with Crippen LogP contribution in [0.5, 0.6) is 0 Å². The Kier molecular flexibility index (Phi) is 20.4. The number of fused-ring (bicyclic) bond motifs is 27. The van der Waals surface area contributed by atoms with Crippen LogP contribution in [0.1, 0.15) is 0 Å². The number of hydrogen-bond donors (Lipinski definition) is 0. The molecule has 31 aromatic rings. The van der Waals surface area contributed by atoms with Crippen molar-refractivity contribution in [2.45, 2.75) is 0 Å². The predicted octanol–water partition coefficient (Wildman–Crippen LogP) is 30.9. The van der Waals surface area contributed by atoms with Crippen molar-refractivity contribution in [3.8, 4) is 114 Å². The highest BCUT2D eigenvalue weighted by molar-refractivity contribution is 6.27. The molecule has 0 fully saturated rings. The summed E-state index contributed by atoms with van der Waals surface area (Å²) in [5, 5.41) is 12.9. The maximum Gasteiger partial charge on any atom is 0.238 e. The number of rotatable bonds is 13. The lowest BCUT2D eigenvalue weighted by Crippen LogP contribution is -2.07. The molecule has 19 heteroatoms. The molecule has 0 N–H and O–H groups in total. The van der Waals surface area contributed by atoms with E-state index in [2.05, 4.69) is 331 Å². The van der Waals surface area contributed by atoms with E-state index in [-0.39, 0.29) is 0 Å². The summed E-state index contributed by atoms with van der Waals surface area (Å²) >= 11 is 0. The molecule has 15 heterocycles. The fraction of sp³-hybridized carbons (Fsp3) is 0. The van der Waals surface area contributed by atoms with E-state index in [1.807, 2.05) is 189 Å². The summed E-state index contributed by atoms with van der Waals surface area (Å²) in [7, 11) is 0. The zero-order valence-electron chi connectivity index (χ0n) is 80.3. The lowest BCUT2D eigenvalue weighted by atomic mass is 10.1. The lowest BCUT2D eigenvalue weighted by Gasteiger charge is -2.13. The molecule has 19 nitrogen and oxygen atoms in total. The molecule has 0 radical (unpaired) electrons. The van der Waals surface area contributed by atoms with Crippen LogP contribution in [0.4, 0.5) is 0 Å². The Labute approximate surface area is 856 Å². The van der Waals surface area contributed by atoms with Gasteiger partial charge in [-0.1, -0.05) is 358 Å². The predicted molar refractivity (Wildman–Crippen MR) is 607 cm³/mol. The highest BCUT2D eigenvalue weighted by atomic mass is 15.2. The largest absolute Gasteiger partial charge is 0.307 e. The van der Waals surface area contributed by atoms with Gasteiger partial charge in [0.25, 0.3) is 0 Å². The smallest absolute Gasteiger partial charge is 0.238 e. The van der Waals surface area contributed by atoms with Crippen molar-refractivity contribution in [1.29, 1.82) is 0 Å². The van der Waals surface area contributed by atoms with Gasteiger partial charge in [0, 0.05) is 164 Å². The number of pyridine rings is 6. The van der Waals surface area contributed by atoms with Crippen LogP contribution in [0.15, 0.2) is 492 Å². The molecular formula is C131H81N19. The molecular weight excluding hydrogens is 1840 g/mol. The standard InChI is InChI=1S/C48H30N6.C42H26N6.C41H25N7/c1-4-15-31(16-5-1)40-28-41(32-17-6-2-7-18-32)52-48(51-40)33-19-14-22-35(27-33)54-43-26-13-11-24-37(43)39-30-49-44-45(47(39)54)50-29-38-36-23-10-12-25-42(36)53(46(38)44)34-20-8-3-9-21-34;1-4-14-27(15-5-1)34-24-35(28-16-6-2-7-17-28)46-42(45-34)48-37-23-13-11-21-31(37)33-26-43-38-39(41(33)48)44-25-32-30-20-10-12-22-36(30)47(40(32)38)29-18-8-3-9-19-29;1-4-14-26(15-5-1)39-44-40(27-16-6-2-7-17-27)46-41(45-39)48-34-23-13-11-21-30(34)32-25-42-35-36(38(32)48)43-24-31-29-20-10-12-22-33(29)47(37(31)35)28-18-8-3-9-19-28/h1-30H;1-26H;1-25H. The van der Waals surface area contributed by atoms with Crippen molar-refractivity contribution in [3.63, 3.8) is 0 Å². The van der Waals surface area contributed by atoms with Crippen LogP contribution in [-0.2, 0) is 0 Å². The van der Waals surface area contributed by atoms with E-state index < -0.39 is 0 Å². The summed E-state index contributed by atoms with van der Waals surface area (Å²) in [6.45, 7) is 0. The fourth-order valence-corrected chi connectivity index (χ4v) is 22.0. The van der Waals surface area contributed by atoms with Crippen molar-refractivity contribution in [2.75, 3.05) is 0 Å². The van der Waals surface area contributed by atoms with Crippen LogP contribution < -0.4 is 0 Å². The van der Waals surface area contributed by atoms with Crippen molar-refractivity contribution in [1.82, 2.24) is 92.2 Å². The van der Waals surface area contributed by atoms with Gasteiger partial charge in [-0.3, -0.25) is 39.0 Å². The zero-order valence-corrected chi connectivity index (χ0v) is 80.3. The molecule has 150 heavy (non-hydrogen) atoms. The van der Waals surface area contributed by atoms with Crippen LogP contribution in [0.25, 0.3) is 278 Å². The van der Waals surface area contributed by atoms with E-state index in [0.717, 1.165) is 248 Å². The molecule has 0 aliphatic carbocycles. The molecule has 0 amide bonds. The number of benzene rings is 16. The second-order valence-corrected chi connectivity index (χ2v) is 37.3. The van der Waals surface area contributed by atoms with Crippen LogP contribution in [0.3, 0.4) is 0 Å². The number of hydrogen-bond acceptors (Lipinski definition) is 13. The van der Waals surface area contributed by atoms with E-state index in [4.69, 9.17) is 64.8 Å². The zero-order chi connectivity index (χ0) is 98.8. The number of para-hydroxylation sites is 9. The Balaban J connectivity index is 0.000000106. The van der Waals surface area contributed by atoms with E-state index in [1.54, 1.807) is 0 Å². The molecule has 0 aliphatic heterocycles. The van der Waals surface area contributed by atoms with Gasteiger partial charge in [0.05, 0.1) is 89.0 Å². The van der Waals surface area contributed by atoms with Gasteiger partial charge in [-0.2, -0.15) is 9.97 Å². The molecule has 0 saturated carbocycles. The first-order valence-electron chi connectivity index (χ1n) is 49.9. The Morgan fingerprint density at radius 3 is 0.613 bits per heavy atom. The van der Waals surface area contributed by atoms with Crippen LogP contribution >= 0.6 is 0 Å². The Morgan fingerprint density at radius 1 is 0.133 bits per heavy atom. The fourth-order valence-electron chi connectivity index (χ4n) is 22.0. The van der Waals surface area contributed by atoms with Crippen molar-refractivity contribution in [2.24, 2.45) is 0 Å². The van der Waals surface area contributed by atoms with E-state index in [1.165, 1.54) is 0 Å². The summed E-state index contributed by atoms with van der Waals surface area (Å²) in [5.41, 5.74) is 31.8. The molecule has 31 rings (SSSR count). The maximum atomic E-state index is 5.24. The summed E-state index contributed by atoms with van der Waals surface area (Å²) in [6.07, 6.45) is 12.0. The third-order valence-electron chi connectivity index (χ3n) is 28.7. The van der Waals surface area contributed by atoms with Gasteiger partial charge in [-0.15, -0.1) is 0 Å². The van der Waals surface area contributed by atoms with Gasteiger partial charge in [-0.25, -0.2) is 24.9 Å². The highest BCUT2D eigenvalue weighted by Gasteiger charge is 2.30. The Morgan fingerprint density at radius 2 is 0.333 bits per heavy atom. The second-order valence-electron chi connectivity index (χ2n) is 37.3. The Bertz CT molecular complexity index is 10200. The second kappa shape index (κ2) is 35.6. The summed E-state index contributed by atoms with van der Waals surface area (Å²) in [5.74, 6) is 2.97. The number of nitrogens with zero attached hydrogens (tertiary/aromatic N) is 19. The average Bonchev–Trinajstić information content (AvgIpc) is 1.55. The minimum Gasteiger partial charge on any atom is -0.307 e. The van der Waals surface area contributed by atoms with Gasteiger partial charge in [-0.05, 0) is 97.1 Å². The van der Waals surface area contributed by atoms with Gasteiger partial charge in [0.2, 0.25) is 11.9 Å². The monoisotopic (exact) mass is 1920 g/mol. The van der Waals surface area contributed by atoms with E-state index >= 15 is 0 Å². The van der Waals surface area contributed by atoms with Gasteiger partial charge < -0.3 is 18.3 Å². The third-order valence-corrected chi connectivity index (χ3v) is 28.7. The minimum atomic E-state index is 0.520.